The lowest BCUT2D eigenvalue weighted by molar-refractivity contribution is -0.167. The number of carbonyl (C=O) groups excluding carboxylic acids is 3. The van der Waals surface area contributed by atoms with Gasteiger partial charge in [-0.15, -0.1) is 0 Å². The molecule has 56 heavy (non-hydrogen) atoms. The molecule has 0 aliphatic rings. The van der Waals surface area contributed by atoms with E-state index in [1.807, 2.05) is 0 Å². The smallest absolute Gasteiger partial charge is 0.306 e. The second-order valence-corrected chi connectivity index (χ2v) is 15.7. The maximum atomic E-state index is 12.7. The molecule has 0 saturated carbocycles. The topological polar surface area (TPSA) is 78.9 Å². The van der Waals surface area contributed by atoms with E-state index in [4.69, 9.17) is 14.2 Å². The zero-order chi connectivity index (χ0) is 40.8. The lowest BCUT2D eigenvalue weighted by Gasteiger charge is -2.18. The molecule has 0 fully saturated rings. The summed E-state index contributed by atoms with van der Waals surface area (Å²) in [7, 11) is 0. The number of carbonyl (C=O) groups is 3. The van der Waals surface area contributed by atoms with E-state index in [0.717, 1.165) is 64.2 Å². The van der Waals surface area contributed by atoms with Gasteiger partial charge in [0.25, 0.3) is 0 Å². The third kappa shape index (κ3) is 42.5. The van der Waals surface area contributed by atoms with Crippen LogP contribution in [0.1, 0.15) is 233 Å². The molecular formula is C50H88O6. The number of hydrogen-bond acceptors (Lipinski definition) is 6. The minimum Gasteiger partial charge on any atom is -0.462 e. The van der Waals surface area contributed by atoms with E-state index < -0.39 is 6.10 Å². The number of ether oxygens (including phenoxy) is 3. The van der Waals surface area contributed by atoms with Gasteiger partial charge in [-0.2, -0.15) is 0 Å². The summed E-state index contributed by atoms with van der Waals surface area (Å²) in [6.07, 6.45) is 52.4. The first-order chi connectivity index (χ1) is 27.5. The first-order valence-corrected chi connectivity index (χ1v) is 23.6. The second kappa shape index (κ2) is 45.1. The van der Waals surface area contributed by atoms with Crippen LogP contribution in [0.2, 0.25) is 0 Å². The first kappa shape index (κ1) is 53.4. The Morgan fingerprint density at radius 3 is 1.07 bits per heavy atom. The summed E-state index contributed by atoms with van der Waals surface area (Å²) in [6.45, 7) is 6.53. The van der Waals surface area contributed by atoms with E-state index in [-0.39, 0.29) is 37.5 Å². The monoisotopic (exact) mass is 785 g/mol. The van der Waals surface area contributed by atoms with E-state index in [2.05, 4.69) is 69.4 Å². The van der Waals surface area contributed by atoms with E-state index >= 15 is 0 Å². The summed E-state index contributed by atoms with van der Waals surface area (Å²) < 4.78 is 16.7. The molecule has 324 valence electrons. The van der Waals surface area contributed by atoms with E-state index in [9.17, 15) is 14.4 Å². The van der Waals surface area contributed by atoms with Gasteiger partial charge in [0.1, 0.15) is 13.2 Å². The van der Waals surface area contributed by atoms with Crippen molar-refractivity contribution in [3.8, 4) is 0 Å². The summed E-state index contributed by atoms with van der Waals surface area (Å²) in [4.78, 5) is 37.7. The van der Waals surface area contributed by atoms with Crippen LogP contribution in [0.3, 0.4) is 0 Å². The summed E-state index contributed by atoms with van der Waals surface area (Å²) in [5.74, 6) is -0.946. The Balaban J connectivity index is 4.42. The maximum Gasteiger partial charge on any atom is 0.306 e. The van der Waals surface area contributed by atoms with Gasteiger partial charge in [-0.25, -0.2) is 0 Å². The van der Waals surface area contributed by atoms with Crippen LogP contribution in [0.15, 0.2) is 48.6 Å². The van der Waals surface area contributed by atoms with Crippen LogP contribution in [0.5, 0.6) is 0 Å². The number of allylic oxidation sites excluding steroid dienone is 8. The highest BCUT2D eigenvalue weighted by Crippen LogP contribution is 2.14. The van der Waals surface area contributed by atoms with Crippen molar-refractivity contribution in [3.05, 3.63) is 48.6 Å². The molecule has 0 aromatic heterocycles. The average molecular weight is 785 g/mol. The Kier molecular flexibility index (Phi) is 43.0. The van der Waals surface area contributed by atoms with Crippen molar-refractivity contribution in [2.75, 3.05) is 13.2 Å². The molecule has 0 bridgehead atoms. The van der Waals surface area contributed by atoms with Gasteiger partial charge in [0.2, 0.25) is 0 Å². The molecule has 0 rings (SSSR count). The van der Waals surface area contributed by atoms with Crippen molar-refractivity contribution >= 4 is 17.9 Å². The lowest BCUT2D eigenvalue weighted by Crippen LogP contribution is -2.30. The van der Waals surface area contributed by atoms with E-state index in [1.165, 1.54) is 122 Å². The molecule has 0 saturated heterocycles. The third-order valence-corrected chi connectivity index (χ3v) is 10.1. The van der Waals surface area contributed by atoms with Crippen molar-refractivity contribution in [2.45, 2.75) is 239 Å². The molecular weight excluding hydrogens is 697 g/mol. The highest BCUT2D eigenvalue weighted by molar-refractivity contribution is 5.71. The van der Waals surface area contributed by atoms with E-state index in [1.54, 1.807) is 0 Å². The van der Waals surface area contributed by atoms with Gasteiger partial charge in [0, 0.05) is 19.3 Å². The molecule has 0 N–H and O–H groups in total. The number of hydrogen-bond donors (Lipinski definition) is 0. The van der Waals surface area contributed by atoms with Crippen LogP contribution in [0.25, 0.3) is 0 Å². The maximum absolute atomic E-state index is 12.7. The zero-order valence-corrected chi connectivity index (χ0v) is 36.9. The van der Waals surface area contributed by atoms with Gasteiger partial charge in [-0.1, -0.05) is 204 Å². The second-order valence-electron chi connectivity index (χ2n) is 15.7. The molecule has 0 spiro atoms. The Labute approximate surface area is 346 Å². The predicted octanol–water partition coefficient (Wildman–Crippen LogP) is 15.1. The average Bonchev–Trinajstić information content (AvgIpc) is 3.19. The molecule has 0 aromatic carbocycles. The first-order valence-electron chi connectivity index (χ1n) is 23.6. The molecule has 0 radical (unpaired) electrons. The Morgan fingerprint density at radius 1 is 0.357 bits per heavy atom. The molecule has 6 nitrogen and oxygen atoms in total. The zero-order valence-electron chi connectivity index (χ0n) is 36.9. The number of rotatable bonds is 42. The van der Waals surface area contributed by atoms with Crippen molar-refractivity contribution in [3.63, 3.8) is 0 Å². The Bertz CT molecular complexity index is 996. The van der Waals surface area contributed by atoms with Gasteiger partial charge in [0.05, 0.1) is 0 Å². The normalized spacial score (nSPS) is 12.4. The third-order valence-electron chi connectivity index (χ3n) is 10.1. The van der Waals surface area contributed by atoms with Crippen LogP contribution in [-0.2, 0) is 28.6 Å². The van der Waals surface area contributed by atoms with Gasteiger partial charge < -0.3 is 14.2 Å². The lowest BCUT2D eigenvalue weighted by atomic mass is 10.0. The highest BCUT2D eigenvalue weighted by atomic mass is 16.6. The molecule has 0 amide bonds. The van der Waals surface area contributed by atoms with Crippen LogP contribution in [0, 0.1) is 0 Å². The van der Waals surface area contributed by atoms with Gasteiger partial charge in [-0.05, 0) is 57.8 Å². The van der Waals surface area contributed by atoms with Crippen molar-refractivity contribution in [1.82, 2.24) is 0 Å². The number of esters is 3. The quantitative estimate of drug-likeness (QED) is 0.0265. The Morgan fingerprint density at radius 2 is 0.661 bits per heavy atom. The van der Waals surface area contributed by atoms with Gasteiger partial charge in [0.15, 0.2) is 6.10 Å². The van der Waals surface area contributed by atoms with Crippen molar-refractivity contribution in [2.24, 2.45) is 0 Å². The van der Waals surface area contributed by atoms with Gasteiger partial charge in [-0.3, -0.25) is 14.4 Å². The molecule has 0 aromatic rings. The van der Waals surface area contributed by atoms with Crippen LogP contribution in [-0.4, -0.2) is 37.2 Å². The van der Waals surface area contributed by atoms with E-state index in [0.29, 0.717) is 19.3 Å². The summed E-state index contributed by atoms with van der Waals surface area (Å²) in [5, 5.41) is 0. The fourth-order valence-corrected chi connectivity index (χ4v) is 6.49. The summed E-state index contributed by atoms with van der Waals surface area (Å²) in [5.41, 5.74) is 0. The summed E-state index contributed by atoms with van der Waals surface area (Å²) >= 11 is 0. The largest absolute Gasteiger partial charge is 0.462 e. The summed E-state index contributed by atoms with van der Waals surface area (Å²) in [6, 6.07) is 0. The molecule has 0 aliphatic heterocycles. The fourth-order valence-electron chi connectivity index (χ4n) is 6.49. The molecule has 0 aliphatic carbocycles. The predicted molar refractivity (Wildman–Crippen MR) is 238 cm³/mol. The number of unbranched alkanes of at least 4 members (excludes halogenated alkanes) is 23. The minimum absolute atomic E-state index is 0.0874. The van der Waals surface area contributed by atoms with Crippen LogP contribution < -0.4 is 0 Å². The fraction of sp³-hybridized carbons (Fsp3) is 0.780. The van der Waals surface area contributed by atoms with Crippen molar-refractivity contribution in [1.29, 1.82) is 0 Å². The molecule has 6 heteroatoms. The minimum atomic E-state index is -0.788. The van der Waals surface area contributed by atoms with Crippen LogP contribution >= 0.6 is 0 Å². The SMILES string of the molecule is CCCCC/C=C\C/C=C\C/C=C\C/C=C\CCCC(=O)OC[C@@H](COC(=O)CCCCCCCCCCC)OC(=O)CCCCCCCCCCCCCC. The highest BCUT2D eigenvalue weighted by Gasteiger charge is 2.19. The molecule has 0 unspecified atom stereocenters. The van der Waals surface area contributed by atoms with Crippen molar-refractivity contribution < 1.29 is 28.6 Å². The van der Waals surface area contributed by atoms with Crippen LogP contribution in [0.4, 0.5) is 0 Å². The molecule has 0 heterocycles. The Hall–Kier alpha value is -2.63. The van der Waals surface area contributed by atoms with Gasteiger partial charge >= 0.3 is 17.9 Å². The standard InChI is InChI=1S/C50H88O6/c1-4-7-10-13-16-19-21-23-24-25-26-27-29-31-34-37-40-43-49(52)55-46-47(45-54-48(51)42-39-36-33-30-18-15-12-9-6-3)56-50(53)44-41-38-35-32-28-22-20-17-14-11-8-5-2/h16,19,23-24,26-27,31,34,47H,4-15,17-18,20-22,25,28-30,32-33,35-46H2,1-3H3/b19-16-,24-23-,27-26-,34-31-/t47-/m1/s1. The molecule has 1 atom stereocenters.